The molecule has 1 aromatic carbocycles. The summed E-state index contributed by atoms with van der Waals surface area (Å²) in [7, 11) is 3.11. The number of methoxy groups -OCH3 is 2. The number of carbonyl (C=O) groups excluding carboxylic acids is 2. The number of hydrogen-bond acceptors (Lipinski definition) is 9. The molecule has 10 nitrogen and oxygen atoms in total. The number of pyridine rings is 1. The first-order valence-electron chi connectivity index (χ1n) is 11.3. The molecule has 1 saturated heterocycles. The quantitative estimate of drug-likeness (QED) is 0.538. The van der Waals surface area contributed by atoms with Crippen LogP contribution in [0.25, 0.3) is 0 Å². The molecule has 11 heteroatoms. The number of nitrogens with one attached hydrogen (secondary N) is 2. The maximum atomic E-state index is 13.3. The van der Waals surface area contributed by atoms with Crippen LogP contribution < -0.4 is 29.9 Å². The largest absolute Gasteiger partial charge is 0.493 e. The van der Waals surface area contributed by atoms with Crippen molar-refractivity contribution in [2.45, 2.75) is 6.42 Å². The van der Waals surface area contributed by atoms with Gasteiger partial charge in [0.1, 0.15) is 5.69 Å². The molecule has 4 heterocycles. The first-order valence-corrected chi connectivity index (χ1v) is 12.2. The van der Waals surface area contributed by atoms with Crippen LogP contribution in [0.2, 0.25) is 0 Å². The Morgan fingerprint density at radius 2 is 1.91 bits per heavy atom. The van der Waals surface area contributed by atoms with Crippen molar-refractivity contribution in [2.75, 3.05) is 62.1 Å². The van der Waals surface area contributed by atoms with Gasteiger partial charge in [0.2, 0.25) is 0 Å². The molecule has 0 atom stereocenters. The number of nitrogens with zero attached hydrogens (tertiary/aromatic N) is 4. The zero-order valence-corrected chi connectivity index (χ0v) is 20.4. The third-order valence-electron chi connectivity index (χ3n) is 6.15. The summed E-state index contributed by atoms with van der Waals surface area (Å²) in [5.41, 5.74) is 3.27. The van der Waals surface area contributed by atoms with Crippen LogP contribution in [0.3, 0.4) is 0 Å². The van der Waals surface area contributed by atoms with Gasteiger partial charge in [-0.3, -0.25) is 19.5 Å². The number of benzene rings is 1. The van der Waals surface area contributed by atoms with Crippen LogP contribution >= 0.6 is 11.3 Å². The van der Waals surface area contributed by atoms with Crippen molar-refractivity contribution in [3.05, 3.63) is 52.8 Å². The summed E-state index contributed by atoms with van der Waals surface area (Å²) in [5.74, 6) is 0.573. The fourth-order valence-electron chi connectivity index (χ4n) is 4.33. The van der Waals surface area contributed by atoms with E-state index in [0.717, 1.165) is 37.4 Å². The van der Waals surface area contributed by atoms with Gasteiger partial charge in [0.05, 0.1) is 31.8 Å². The van der Waals surface area contributed by atoms with Crippen LogP contribution in [0, 0.1) is 0 Å². The highest BCUT2D eigenvalue weighted by Crippen LogP contribution is 2.35. The van der Waals surface area contributed by atoms with Crippen LogP contribution in [0.4, 0.5) is 16.5 Å². The van der Waals surface area contributed by atoms with Crippen molar-refractivity contribution in [1.29, 1.82) is 0 Å². The van der Waals surface area contributed by atoms with Gasteiger partial charge in [-0.05, 0) is 30.2 Å². The van der Waals surface area contributed by atoms with Gasteiger partial charge >= 0.3 is 0 Å². The number of carbonyl (C=O) groups is 2. The molecule has 0 bridgehead atoms. The highest BCUT2D eigenvalue weighted by Gasteiger charge is 2.30. The summed E-state index contributed by atoms with van der Waals surface area (Å²) in [6.45, 7) is 3.94. The standard InChI is InChI=1S/C24H26N6O4S/c1-33-20-11-15-4-8-30(23(32)16(15)12-21(20)34-2)24-28-18(14-35-24)22(31)27-17-13-26-5-3-19(17)29-9-6-25-7-10-29/h3,5,11-14,25H,4,6-10H2,1-2H3,(H,27,31). The van der Waals surface area contributed by atoms with E-state index in [2.05, 4.69) is 25.5 Å². The topological polar surface area (TPSA) is 109 Å². The van der Waals surface area contributed by atoms with Crippen molar-refractivity contribution in [3.63, 3.8) is 0 Å². The fraction of sp³-hybridized carbons (Fsp3) is 0.333. The molecule has 5 rings (SSSR count). The molecular weight excluding hydrogens is 468 g/mol. The van der Waals surface area contributed by atoms with E-state index < -0.39 is 0 Å². The van der Waals surface area contributed by atoms with Gasteiger partial charge in [0.15, 0.2) is 16.6 Å². The number of thiazole rings is 1. The fourth-order valence-corrected chi connectivity index (χ4v) is 5.16. The number of fused-ring (bicyclic) bond motifs is 1. The second-order valence-electron chi connectivity index (χ2n) is 8.17. The van der Waals surface area contributed by atoms with E-state index in [9.17, 15) is 9.59 Å². The molecule has 0 spiro atoms. The predicted molar refractivity (Wildman–Crippen MR) is 134 cm³/mol. The lowest BCUT2D eigenvalue weighted by atomic mass is 9.98. The number of anilines is 3. The number of ether oxygens (including phenoxy) is 2. The first-order chi connectivity index (χ1) is 17.1. The molecule has 0 saturated carbocycles. The van der Waals surface area contributed by atoms with Crippen molar-refractivity contribution < 1.29 is 19.1 Å². The van der Waals surface area contributed by atoms with Crippen LogP contribution in [0.1, 0.15) is 26.4 Å². The Labute approximate surface area is 206 Å². The number of aromatic nitrogens is 2. The molecule has 0 unspecified atom stereocenters. The Morgan fingerprint density at radius 3 is 2.69 bits per heavy atom. The van der Waals surface area contributed by atoms with Crippen LogP contribution in [-0.4, -0.2) is 68.7 Å². The third kappa shape index (κ3) is 4.52. The molecular formula is C24H26N6O4S. The number of rotatable bonds is 6. The zero-order chi connectivity index (χ0) is 24.4. The monoisotopic (exact) mass is 494 g/mol. The molecule has 2 amide bonds. The molecule has 2 aliphatic rings. The summed E-state index contributed by atoms with van der Waals surface area (Å²) in [6, 6.07) is 5.44. The second kappa shape index (κ2) is 9.88. The summed E-state index contributed by atoms with van der Waals surface area (Å²) >= 11 is 1.27. The van der Waals surface area contributed by atoms with Gasteiger partial charge in [-0.25, -0.2) is 4.98 Å². The second-order valence-corrected chi connectivity index (χ2v) is 9.01. The van der Waals surface area contributed by atoms with Gasteiger partial charge in [-0.15, -0.1) is 11.3 Å². The number of piperazine rings is 1. The normalized spacial score (nSPS) is 15.5. The van der Waals surface area contributed by atoms with Gasteiger partial charge in [-0.1, -0.05) is 0 Å². The molecule has 0 radical (unpaired) electrons. The van der Waals surface area contributed by atoms with Gasteiger partial charge in [0.25, 0.3) is 11.8 Å². The molecule has 0 aliphatic carbocycles. The molecule has 2 aromatic heterocycles. The first kappa shape index (κ1) is 23.1. The Bertz CT molecular complexity index is 1260. The van der Waals surface area contributed by atoms with E-state index in [1.807, 2.05) is 12.1 Å². The lowest BCUT2D eigenvalue weighted by Gasteiger charge is -2.30. The van der Waals surface area contributed by atoms with Crippen molar-refractivity contribution in [1.82, 2.24) is 15.3 Å². The van der Waals surface area contributed by atoms with Crippen molar-refractivity contribution >= 4 is 39.7 Å². The van der Waals surface area contributed by atoms with Gasteiger partial charge in [-0.2, -0.15) is 0 Å². The number of hydrogen-bond donors (Lipinski definition) is 2. The minimum atomic E-state index is -0.340. The SMILES string of the molecule is COc1cc2c(cc1OC)C(=O)N(c1nc(C(=O)Nc3cnccc3N3CCNCC3)cs1)CC2. The third-order valence-corrected chi connectivity index (χ3v) is 7.01. The lowest BCUT2D eigenvalue weighted by Crippen LogP contribution is -2.43. The van der Waals surface area contributed by atoms with E-state index in [4.69, 9.17) is 9.47 Å². The minimum Gasteiger partial charge on any atom is -0.493 e. The van der Waals surface area contributed by atoms with E-state index in [1.54, 1.807) is 35.8 Å². The molecule has 2 aliphatic heterocycles. The maximum absolute atomic E-state index is 13.3. The molecule has 2 N–H and O–H groups in total. The van der Waals surface area contributed by atoms with Crippen LogP contribution in [0.15, 0.2) is 36.0 Å². The molecule has 3 aromatic rings. The Kier molecular flexibility index (Phi) is 6.51. The lowest BCUT2D eigenvalue weighted by molar-refractivity contribution is 0.0976. The van der Waals surface area contributed by atoms with E-state index in [-0.39, 0.29) is 17.5 Å². The zero-order valence-electron chi connectivity index (χ0n) is 19.5. The van der Waals surface area contributed by atoms with E-state index >= 15 is 0 Å². The van der Waals surface area contributed by atoms with Gasteiger partial charge < -0.3 is 25.0 Å². The Morgan fingerprint density at radius 1 is 1.14 bits per heavy atom. The summed E-state index contributed by atoms with van der Waals surface area (Å²) in [4.78, 5) is 38.7. The van der Waals surface area contributed by atoms with Crippen LogP contribution in [0.5, 0.6) is 11.5 Å². The average molecular weight is 495 g/mol. The summed E-state index contributed by atoms with van der Waals surface area (Å²) in [6.07, 6.45) is 4.01. The molecule has 1 fully saturated rings. The Balaban J connectivity index is 1.34. The highest BCUT2D eigenvalue weighted by molar-refractivity contribution is 7.14. The summed E-state index contributed by atoms with van der Waals surface area (Å²) < 4.78 is 10.7. The predicted octanol–water partition coefficient (Wildman–Crippen LogP) is 2.42. The number of amides is 2. The van der Waals surface area contributed by atoms with E-state index in [1.165, 1.54) is 18.4 Å². The van der Waals surface area contributed by atoms with Crippen molar-refractivity contribution in [3.8, 4) is 11.5 Å². The molecule has 182 valence electrons. The van der Waals surface area contributed by atoms with E-state index in [0.29, 0.717) is 40.8 Å². The Hall–Kier alpha value is -3.70. The smallest absolute Gasteiger partial charge is 0.275 e. The maximum Gasteiger partial charge on any atom is 0.275 e. The summed E-state index contributed by atoms with van der Waals surface area (Å²) in [5, 5.41) is 8.42. The minimum absolute atomic E-state index is 0.179. The van der Waals surface area contributed by atoms with Gasteiger partial charge in [0, 0.05) is 49.9 Å². The van der Waals surface area contributed by atoms with Crippen molar-refractivity contribution in [2.24, 2.45) is 0 Å². The van der Waals surface area contributed by atoms with Crippen LogP contribution in [-0.2, 0) is 6.42 Å². The average Bonchev–Trinajstić information content (AvgIpc) is 3.39. The molecule has 35 heavy (non-hydrogen) atoms. The highest BCUT2D eigenvalue weighted by atomic mass is 32.1.